The minimum absolute atomic E-state index is 0.151. The van der Waals surface area contributed by atoms with E-state index in [1.807, 2.05) is 0 Å². The van der Waals surface area contributed by atoms with Gasteiger partial charge in [-0.25, -0.2) is 4.21 Å². The van der Waals surface area contributed by atoms with Gasteiger partial charge in [0.15, 0.2) is 0 Å². The van der Waals surface area contributed by atoms with Gasteiger partial charge < -0.3 is 10.6 Å². The molecular weight excluding hydrogens is 300 g/mol. The molecule has 0 bridgehead atoms. The third-order valence-electron chi connectivity index (χ3n) is 2.78. The van der Waals surface area contributed by atoms with Gasteiger partial charge in [-0.15, -0.1) is 0 Å². The first-order valence-electron chi connectivity index (χ1n) is 6.63. The molecule has 22 heavy (non-hydrogen) atoms. The predicted molar refractivity (Wildman–Crippen MR) is 86.2 cm³/mol. The minimum atomic E-state index is -1.31. The Morgan fingerprint density at radius 3 is 1.32 bits per heavy atom. The number of nitrogens with one attached hydrogen (secondary N) is 2. The molecule has 2 N–H and O–H groups in total. The second kappa shape index (κ2) is 7.00. The number of rotatable bonds is 4. The molecule has 2 aromatic rings. The van der Waals surface area contributed by atoms with Gasteiger partial charge in [-0.05, 0) is 48.5 Å². The molecule has 0 atom stereocenters. The molecule has 0 spiro atoms. The maximum absolute atomic E-state index is 12.4. The van der Waals surface area contributed by atoms with Crippen molar-refractivity contribution in [3.8, 4) is 0 Å². The average Bonchev–Trinajstić information content (AvgIpc) is 2.47. The van der Waals surface area contributed by atoms with Gasteiger partial charge in [-0.1, -0.05) is 0 Å². The lowest BCUT2D eigenvalue weighted by atomic mass is 10.3. The van der Waals surface area contributed by atoms with E-state index in [0.29, 0.717) is 21.2 Å². The van der Waals surface area contributed by atoms with E-state index in [9.17, 15) is 13.8 Å². The molecule has 2 aromatic carbocycles. The molecule has 0 fully saturated rings. The Morgan fingerprint density at radius 2 is 1.05 bits per heavy atom. The van der Waals surface area contributed by atoms with Crippen molar-refractivity contribution >= 4 is 34.0 Å². The summed E-state index contributed by atoms with van der Waals surface area (Å²) in [6.07, 6.45) is 0. The van der Waals surface area contributed by atoms with E-state index in [1.165, 1.54) is 13.8 Å². The molecule has 0 unspecified atom stereocenters. The van der Waals surface area contributed by atoms with Crippen molar-refractivity contribution in [3.63, 3.8) is 0 Å². The zero-order valence-corrected chi connectivity index (χ0v) is 13.1. The van der Waals surface area contributed by atoms with Crippen LogP contribution in [0.2, 0.25) is 0 Å². The lowest BCUT2D eigenvalue weighted by molar-refractivity contribution is -0.115. The molecule has 0 aliphatic heterocycles. The molecule has 0 aliphatic rings. The van der Waals surface area contributed by atoms with Crippen molar-refractivity contribution in [2.75, 3.05) is 10.6 Å². The molecule has 0 saturated carbocycles. The zero-order chi connectivity index (χ0) is 16.1. The minimum Gasteiger partial charge on any atom is -0.326 e. The fraction of sp³-hybridized carbons (Fsp3) is 0.125. The van der Waals surface area contributed by atoms with Crippen LogP contribution in [0.3, 0.4) is 0 Å². The quantitative estimate of drug-likeness (QED) is 0.910. The fourth-order valence-corrected chi connectivity index (χ4v) is 2.91. The summed E-state index contributed by atoms with van der Waals surface area (Å²) in [6.45, 7) is 2.87. The molecular formula is C16H16N2O3S. The number of carbonyl (C=O) groups is 2. The van der Waals surface area contributed by atoms with E-state index in [0.717, 1.165) is 0 Å². The van der Waals surface area contributed by atoms with Gasteiger partial charge in [-0.3, -0.25) is 9.59 Å². The van der Waals surface area contributed by atoms with Crippen LogP contribution in [-0.4, -0.2) is 16.0 Å². The number of benzene rings is 2. The highest BCUT2D eigenvalue weighted by molar-refractivity contribution is 7.85. The smallest absolute Gasteiger partial charge is 0.221 e. The number of hydrogen-bond acceptors (Lipinski definition) is 3. The molecule has 114 valence electrons. The lowest BCUT2D eigenvalue weighted by Gasteiger charge is -2.06. The van der Waals surface area contributed by atoms with Crippen molar-refractivity contribution in [1.82, 2.24) is 0 Å². The summed E-state index contributed by atoms with van der Waals surface area (Å²) in [5.41, 5.74) is 1.32. The van der Waals surface area contributed by atoms with Gasteiger partial charge >= 0.3 is 0 Å². The first-order valence-corrected chi connectivity index (χ1v) is 7.78. The summed E-state index contributed by atoms with van der Waals surface area (Å²) in [5, 5.41) is 5.32. The van der Waals surface area contributed by atoms with Crippen molar-refractivity contribution in [2.24, 2.45) is 0 Å². The highest BCUT2D eigenvalue weighted by atomic mass is 32.2. The largest absolute Gasteiger partial charge is 0.326 e. The zero-order valence-electron chi connectivity index (χ0n) is 12.3. The first kappa shape index (κ1) is 15.9. The van der Waals surface area contributed by atoms with E-state index in [-0.39, 0.29) is 11.8 Å². The summed E-state index contributed by atoms with van der Waals surface area (Å²) in [4.78, 5) is 23.2. The maximum Gasteiger partial charge on any atom is 0.221 e. The molecule has 5 nitrogen and oxygen atoms in total. The standard InChI is InChI=1S/C16H16N2O3S/c1-11(19)17-13-3-7-15(8-4-13)22(21)16-9-5-14(6-10-16)18-12(2)20/h3-10H,1-2H3,(H,17,19)(H,18,20). The van der Waals surface area contributed by atoms with E-state index in [4.69, 9.17) is 0 Å². The van der Waals surface area contributed by atoms with E-state index in [2.05, 4.69) is 10.6 Å². The van der Waals surface area contributed by atoms with Crippen LogP contribution < -0.4 is 10.6 Å². The van der Waals surface area contributed by atoms with Crippen LogP contribution in [0.1, 0.15) is 13.8 Å². The van der Waals surface area contributed by atoms with Crippen LogP contribution >= 0.6 is 0 Å². The average molecular weight is 316 g/mol. The molecule has 0 aliphatic carbocycles. The van der Waals surface area contributed by atoms with Crippen molar-refractivity contribution in [2.45, 2.75) is 23.6 Å². The highest BCUT2D eigenvalue weighted by Crippen LogP contribution is 2.20. The third kappa shape index (κ3) is 4.26. The Morgan fingerprint density at radius 1 is 0.727 bits per heavy atom. The molecule has 0 heterocycles. The number of amides is 2. The monoisotopic (exact) mass is 316 g/mol. The summed E-state index contributed by atoms with van der Waals surface area (Å²) in [6, 6.07) is 13.7. The molecule has 0 aromatic heterocycles. The van der Waals surface area contributed by atoms with Crippen LogP contribution in [0, 0.1) is 0 Å². The Kier molecular flexibility index (Phi) is 5.06. The summed E-state index contributed by atoms with van der Waals surface area (Å²) < 4.78 is 12.4. The van der Waals surface area contributed by atoms with Crippen LogP contribution in [0.5, 0.6) is 0 Å². The van der Waals surface area contributed by atoms with Crippen molar-refractivity contribution in [3.05, 3.63) is 48.5 Å². The Balaban J connectivity index is 2.13. The van der Waals surface area contributed by atoms with Gasteiger partial charge in [0.2, 0.25) is 11.8 Å². The number of anilines is 2. The molecule has 0 radical (unpaired) electrons. The normalized spacial score (nSPS) is 10.3. The van der Waals surface area contributed by atoms with Crippen molar-refractivity contribution < 1.29 is 13.8 Å². The molecule has 0 saturated heterocycles. The highest BCUT2D eigenvalue weighted by Gasteiger charge is 2.08. The van der Waals surface area contributed by atoms with E-state index >= 15 is 0 Å². The summed E-state index contributed by atoms with van der Waals surface area (Å²) >= 11 is 0. The molecule has 2 rings (SSSR count). The van der Waals surface area contributed by atoms with Gasteiger partial charge in [0.1, 0.15) is 0 Å². The summed E-state index contributed by atoms with van der Waals surface area (Å²) in [5.74, 6) is -0.301. The van der Waals surface area contributed by atoms with Gasteiger partial charge in [0.25, 0.3) is 0 Å². The molecule has 6 heteroatoms. The Hall–Kier alpha value is -2.47. The SMILES string of the molecule is CC(=O)Nc1ccc(S(=O)c2ccc(NC(C)=O)cc2)cc1. The maximum atomic E-state index is 12.4. The lowest BCUT2D eigenvalue weighted by Crippen LogP contribution is -2.06. The van der Waals surface area contributed by atoms with Crippen LogP contribution in [0.15, 0.2) is 58.3 Å². The van der Waals surface area contributed by atoms with Crippen LogP contribution in [0.4, 0.5) is 11.4 Å². The Labute approximate surface area is 131 Å². The summed E-state index contributed by atoms with van der Waals surface area (Å²) in [7, 11) is -1.31. The van der Waals surface area contributed by atoms with Crippen LogP contribution in [-0.2, 0) is 20.4 Å². The van der Waals surface area contributed by atoms with Gasteiger partial charge in [-0.2, -0.15) is 0 Å². The van der Waals surface area contributed by atoms with Gasteiger partial charge in [0.05, 0.1) is 10.8 Å². The third-order valence-corrected chi connectivity index (χ3v) is 4.18. The van der Waals surface area contributed by atoms with E-state index < -0.39 is 10.8 Å². The van der Waals surface area contributed by atoms with Crippen LogP contribution in [0.25, 0.3) is 0 Å². The second-order valence-corrected chi connectivity index (χ2v) is 6.16. The fourth-order valence-electron chi connectivity index (χ4n) is 1.87. The van der Waals surface area contributed by atoms with E-state index in [1.54, 1.807) is 48.5 Å². The van der Waals surface area contributed by atoms with Crippen molar-refractivity contribution in [1.29, 1.82) is 0 Å². The molecule has 2 amide bonds. The Bertz CT molecular complexity index is 648. The number of carbonyl (C=O) groups excluding carboxylic acids is 2. The predicted octanol–water partition coefficient (Wildman–Crippen LogP) is 2.77. The first-order chi connectivity index (χ1) is 10.5. The topological polar surface area (TPSA) is 75.3 Å². The number of hydrogen-bond donors (Lipinski definition) is 2. The second-order valence-electron chi connectivity index (χ2n) is 4.68. The van der Waals surface area contributed by atoms with Gasteiger partial charge in [0, 0.05) is 35.0 Å².